The van der Waals surface area contributed by atoms with Crippen LogP contribution in [0, 0.1) is 26.6 Å². The molecule has 4 heteroatoms. The molecule has 0 saturated carbocycles. The van der Waals surface area contributed by atoms with Gasteiger partial charge >= 0.3 is 0 Å². The number of nitrogens with one attached hydrogen (secondary N) is 1. The molecule has 0 aliphatic heterocycles. The number of amides is 1. The van der Waals surface area contributed by atoms with Crippen LogP contribution in [-0.2, 0) is 6.54 Å². The SMILES string of the molecule is Cc1cccc([C@H](C)NC(=O)c2ccc3c(c2)c(C)c(C)n3Cc2ccc(-c3ccccc3)cc2)c1F. The number of carbonyl (C=O) groups excluding carboxylic acids is 1. The van der Waals surface area contributed by atoms with E-state index in [-0.39, 0.29) is 11.7 Å². The topological polar surface area (TPSA) is 34.0 Å². The Morgan fingerprint density at radius 1 is 0.865 bits per heavy atom. The van der Waals surface area contributed by atoms with Gasteiger partial charge in [0.05, 0.1) is 6.04 Å². The maximum Gasteiger partial charge on any atom is 0.251 e. The Morgan fingerprint density at radius 2 is 1.57 bits per heavy atom. The summed E-state index contributed by atoms with van der Waals surface area (Å²) >= 11 is 0. The van der Waals surface area contributed by atoms with E-state index in [1.807, 2.05) is 37.3 Å². The third-order valence-corrected chi connectivity index (χ3v) is 7.34. The second-order valence-corrected chi connectivity index (χ2v) is 9.76. The molecule has 1 heterocycles. The van der Waals surface area contributed by atoms with E-state index in [2.05, 4.69) is 72.3 Å². The van der Waals surface area contributed by atoms with E-state index in [0.717, 1.165) is 23.0 Å². The maximum atomic E-state index is 14.5. The van der Waals surface area contributed by atoms with Crippen molar-refractivity contribution in [3.8, 4) is 11.1 Å². The smallest absolute Gasteiger partial charge is 0.251 e. The molecule has 1 aromatic heterocycles. The number of halogens is 1. The van der Waals surface area contributed by atoms with Crippen LogP contribution in [0.2, 0.25) is 0 Å². The van der Waals surface area contributed by atoms with Gasteiger partial charge in [-0.3, -0.25) is 4.79 Å². The molecular formula is C33H31FN2O. The first kappa shape index (κ1) is 24.5. The van der Waals surface area contributed by atoms with Gasteiger partial charge in [0.25, 0.3) is 5.91 Å². The Kier molecular flexibility index (Phi) is 6.66. The van der Waals surface area contributed by atoms with Crippen LogP contribution in [0.4, 0.5) is 4.39 Å². The van der Waals surface area contributed by atoms with Crippen molar-refractivity contribution in [2.75, 3.05) is 0 Å². The predicted molar refractivity (Wildman–Crippen MR) is 149 cm³/mol. The summed E-state index contributed by atoms with van der Waals surface area (Å²) in [5, 5.41) is 4.01. The molecule has 0 spiro atoms. The summed E-state index contributed by atoms with van der Waals surface area (Å²) in [7, 11) is 0. The van der Waals surface area contributed by atoms with E-state index in [1.54, 1.807) is 19.1 Å². The highest BCUT2D eigenvalue weighted by Crippen LogP contribution is 2.28. The van der Waals surface area contributed by atoms with E-state index < -0.39 is 6.04 Å². The first-order chi connectivity index (χ1) is 17.8. The van der Waals surface area contributed by atoms with Crippen LogP contribution in [0.15, 0.2) is 91.0 Å². The van der Waals surface area contributed by atoms with Crippen molar-refractivity contribution in [3.05, 3.63) is 130 Å². The molecule has 0 saturated heterocycles. The van der Waals surface area contributed by atoms with Crippen LogP contribution < -0.4 is 5.32 Å². The molecule has 4 aromatic carbocycles. The highest BCUT2D eigenvalue weighted by molar-refractivity contribution is 5.99. The number of hydrogen-bond acceptors (Lipinski definition) is 1. The van der Waals surface area contributed by atoms with E-state index in [4.69, 9.17) is 0 Å². The number of rotatable bonds is 6. The summed E-state index contributed by atoms with van der Waals surface area (Å²) in [6.45, 7) is 8.51. The molecule has 0 fully saturated rings. The van der Waals surface area contributed by atoms with Crippen LogP contribution in [0.25, 0.3) is 22.0 Å². The van der Waals surface area contributed by atoms with Crippen molar-refractivity contribution >= 4 is 16.8 Å². The highest BCUT2D eigenvalue weighted by atomic mass is 19.1. The lowest BCUT2D eigenvalue weighted by atomic mass is 10.0. The summed E-state index contributed by atoms with van der Waals surface area (Å²) < 4.78 is 16.8. The molecule has 0 unspecified atom stereocenters. The molecular weight excluding hydrogens is 459 g/mol. The Hall–Kier alpha value is -4.18. The normalized spacial score (nSPS) is 12.0. The Balaban J connectivity index is 1.38. The van der Waals surface area contributed by atoms with E-state index >= 15 is 0 Å². The van der Waals surface area contributed by atoms with Crippen LogP contribution in [-0.4, -0.2) is 10.5 Å². The number of carbonyl (C=O) groups is 1. The van der Waals surface area contributed by atoms with Gasteiger partial charge in [0, 0.05) is 34.3 Å². The summed E-state index contributed by atoms with van der Waals surface area (Å²) in [5.74, 6) is -0.484. The number of nitrogens with zero attached hydrogens (tertiary/aromatic N) is 1. The van der Waals surface area contributed by atoms with Gasteiger partial charge in [0.2, 0.25) is 0 Å². The lowest BCUT2D eigenvalue weighted by molar-refractivity contribution is 0.0939. The fourth-order valence-corrected chi connectivity index (χ4v) is 4.97. The molecule has 1 amide bonds. The second kappa shape index (κ2) is 10.1. The lowest BCUT2D eigenvalue weighted by Crippen LogP contribution is -2.27. The van der Waals surface area contributed by atoms with Crippen molar-refractivity contribution in [1.29, 1.82) is 0 Å². The quantitative estimate of drug-likeness (QED) is 0.258. The first-order valence-electron chi connectivity index (χ1n) is 12.6. The van der Waals surface area contributed by atoms with Gasteiger partial charge in [-0.1, -0.05) is 72.8 Å². The average Bonchev–Trinajstić information content (AvgIpc) is 3.15. The minimum absolute atomic E-state index is 0.211. The molecule has 0 aliphatic rings. The Bertz CT molecular complexity index is 1580. The molecule has 3 nitrogen and oxygen atoms in total. The van der Waals surface area contributed by atoms with Gasteiger partial charge < -0.3 is 9.88 Å². The van der Waals surface area contributed by atoms with Crippen molar-refractivity contribution in [1.82, 2.24) is 9.88 Å². The van der Waals surface area contributed by atoms with E-state index in [9.17, 15) is 9.18 Å². The standard InChI is InChI=1S/C33H31FN2O/c1-21-9-8-12-29(32(21)34)23(3)35-33(37)28-17-18-31-30(19-28)22(2)24(4)36(31)20-25-13-15-27(16-14-25)26-10-6-5-7-11-26/h5-19,23H,20H2,1-4H3,(H,35,37)/t23-/m0/s1. The van der Waals surface area contributed by atoms with Gasteiger partial charge in [-0.2, -0.15) is 0 Å². The number of aryl methyl sites for hydroxylation is 2. The summed E-state index contributed by atoms with van der Waals surface area (Å²) in [4.78, 5) is 13.1. The largest absolute Gasteiger partial charge is 0.345 e. The van der Waals surface area contributed by atoms with Crippen molar-refractivity contribution in [2.24, 2.45) is 0 Å². The maximum absolute atomic E-state index is 14.5. The van der Waals surface area contributed by atoms with Gasteiger partial charge in [-0.25, -0.2) is 4.39 Å². The zero-order valence-electron chi connectivity index (χ0n) is 21.7. The summed E-state index contributed by atoms with van der Waals surface area (Å²) in [5.41, 5.74) is 8.68. The number of hydrogen-bond donors (Lipinski definition) is 1. The monoisotopic (exact) mass is 490 g/mol. The molecule has 5 aromatic rings. The molecule has 186 valence electrons. The molecule has 0 radical (unpaired) electrons. The summed E-state index contributed by atoms with van der Waals surface area (Å²) in [6.07, 6.45) is 0. The number of benzene rings is 4. The van der Waals surface area contributed by atoms with Crippen molar-refractivity contribution in [2.45, 2.75) is 40.3 Å². The molecule has 0 aliphatic carbocycles. The Labute approximate surface area is 217 Å². The summed E-state index contributed by atoms with van der Waals surface area (Å²) in [6, 6.07) is 29.7. The average molecular weight is 491 g/mol. The minimum atomic E-state index is -0.436. The molecule has 5 rings (SSSR count). The molecule has 1 N–H and O–H groups in total. The first-order valence-corrected chi connectivity index (χ1v) is 12.6. The molecule has 0 bridgehead atoms. The van der Waals surface area contributed by atoms with Crippen molar-refractivity contribution in [3.63, 3.8) is 0 Å². The fraction of sp³-hybridized carbons (Fsp3) is 0.182. The third-order valence-electron chi connectivity index (χ3n) is 7.34. The van der Waals surface area contributed by atoms with Gasteiger partial charge in [-0.05, 0) is 73.7 Å². The number of aromatic nitrogens is 1. The Morgan fingerprint density at radius 3 is 2.30 bits per heavy atom. The lowest BCUT2D eigenvalue weighted by Gasteiger charge is -2.16. The van der Waals surface area contributed by atoms with Crippen LogP contribution in [0.3, 0.4) is 0 Å². The predicted octanol–water partition coefficient (Wildman–Crippen LogP) is 7.91. The fourth-order valence-electron chi connectivity index (χ4n) is 4.97. The second-order valence-electron chi connectivity index (χ2n) is 9.76. The third kappa shape index (κ3) is 4.79. The minimum Gasteiger partial charge on any atom is -0.345 e. The van der Waals surface area contributed by atoms with Crippen LogP contribution in [0.1, 0.15) is 51.3 Å². The van der Waals surface area contributed by atoms with Crippen LogP contribution in [0.5, 0.6) is 0 Å². The van der Waals surface area contributed by atoms with Gasteiger partial charge in [-0.15, -0.1) is 0 Å². The van der Waals surface area contributed by atoms with Crippen LogP contribution >= 0.6 is 0 Å². The van der Waals surface area contributed by atoms with Crippen molar-refractivity contribution < 1.29 is 9.18 Å². The van der Waals surface area contributed by atoms with E-state index in [0.29, 0.717) is 16.7 Å². The zero-order chi connectivity index (χ0) is 26.1. The van der Waals surface area contributed by atoms with Gasteiger partial charge in [0.15, 0.2) is 0 Å². The van der Waals surface area contributed by atoms with E-state index in [1.165, 1.54) is 22.4 Å². The van der Waals surface area contributed by atoms with Gasteiger partial charge in [0.1, 0.15) is 5.82 Å². The zero-order valence-corrected chi connectivity index (χ0v) is 21.7. The molecule has 37 heavy (non-hydrogen) atoms. The highest BCUT2D eigenvalue weighted by Gasteiger charge is 2.18. The number of fused-ring (bicyclic) bond motifs is 1. The molecule has 1 atom stereocenters.